The monoisotopic (exact) mass is 285 g/mol. The van der Waals surface area contributed by atoms with Crippen molar-refractivity contribution in [1.29, 1.82) is 0 Å². The van der Waals surface area contributed by atoms with Crippen LogP contribution in [0.2, 0.25) is 0 Å². The molecule has 0 spiro atoms. The first-order valence-electron chi connectivity index (χ1n) is 6.69. The molecule has 2 N–H and O–H groups in total. The quantitative estimate of drug-likeness (QED) is 0.820. The van der Waals surface area contributed by atoms with Gasteiger partial charge in [-0.15, -0.1) is 0 Å². The number of hydrogen-bond donors (Lipinski definition) is 1. The number of hydrogen-bond acceptors (Lipinski definition) is 2. The minimum Gasteiger partial charge on any atom is -0.489 e. The van der Waals surface area contributed by atoms with Crippen LogP contribution in [0.15, 0.2) is 48.5 Å². The second kappa shape index (κ2) is 7.06. The number of ether oxygens (including phenoxy) is 1. The largest absolute Gasteiger partial charge is 0.489 e. The Labute approximate surface area is 125 Å². The third-order valence-electron chi connectivity index (χ3n) is 3.20. The SMILES string of the molecule is Cc1cc(OCc2ccccc2)ccc1CCC(N)=S. The lowest BCUT2D eigenvalue weighted by molar-refractivity contribution is 0.306. The molecular weight excluding hydrogens is 266 g/mol. The lowest BCUT2D eigenvalue weighted by Crippen LogP contribution is -2.09. The Balaban J connectivity index is 1.96. The van der Waals surface area contributed by atoms with Crippen LogP contribution in [0, 0.1) is 6.92 Å². The average molecular weight is 285 g/mol. The molecule has 0 aliphatic carbocycles. The van der Waals surface area contributed by atoms with Crippen LogP contribution in [0.1, 0.15) is 23.1 Å². The van der Waals surface area contributed by atoms with Gasteiger partial charge in [0.25, 0.3) is 0 Å². The topological polar surface area (TPSA) is 35.2 Å². The van der Waals surface area contributed by atoms with Crippen LogP contribution in [0.5, 0.6) is 5.75 Å². The van der Waals surface area contributed by atoms with Gasteiger partial charge < -0.3 is 10.5 Å². The van der Waals surface area contributed by atoms with Gasteiger partial charge in [-0.1, -0.05) is 48.6 Å². The summed E-state index contributed by atoms with van der Waals surface area (Å²) < 4.78 is 5.80. The van der Waals surface area contributed by atoms with E-state index in [0.717, 1.165) is 18.6 Å². The minimum absolute atomic E-state index is 0.564. The Morgan fingerprint density at radius 3 is 2.55 bits per heavy atom. The van der Waals surface area contributed by atoms with Crippen LogP contribution in [0.4, 0.5) is 0 Å². The molecule has 0 unspecified atom stereocenters. The highest BCUT2D eigenvalue weighted by Crippen LogP contribution is 2.19. The molecule has 2 nitrogen and oxygen atoms in total. The van der Waals surface area contributed by atoms with Crippen LogP contribution in [0.3, 0.4) is 0 Å². The number of aryl methyl sites for hydroxylation is 2. The van der Waals surface area contributed by atoms with E-state index < -0.39 is 0 Å². The Morgan fingerprint density at radius 1 is 1.15 bits per heavy atom. The molecule has 0 aliphatic rings. The summed E-state index contributed by atoms with van der Waals surface area (Å²) in [5, 5.41) is 0. The maximum atomic E-state index is 5.80. The lowest BCUT2D eigenvalue weighted by Gasteiger charge is -2.10. The van der Waals surface area contributed by atoms with Gasteiger partial charge in [0.1, 0.15) is 12.4 Å². The highest BCUT2D eigenvalue weighted by Gasteiger charge is 2.02. The summed E-state index contributed by atoms with van der Waals surface area (Å²) in [6, 6.07) is 16.3. The van der Waals surface area contributed by atoms with E-state index in [1.54, 1.807) is 0 Å². The normalized spacial score (nSPS) is 10.2. The second-order valence-corrected chi connectivity index (χ2v) is 5.35. The van der Waals surface area contributed by atoms with Crippen molar-refractivity contribution in [1.82, 2.24) is 0 Å². The maximum absolute atomic E-state index is 5.80. The molecule has 0 radical (unpaired) electrons. The highest BCUT2D eigenvalue weighted by molar-refractivity contribution is 7.80. The predicted molar refractivity (Wildman–Crippen MR) is 87.1 cm³/mol. The van der Waals surface area contributed by atoms with Crippen molar-refractivity contribution < 1.29 is 4.74 Å². The second-order valence-electron chi connectivity index (χ2n) is 4.83. The van der Waals surface area contributed by atoms with E-state index in [2.05, 4.69) is 31.2 Å². The molecule has 0 saturated heterocycles. The van der Waals surface area contributed by atoms with E-state index in [1.807, 2.05) is 24.3 Å². The van der Waals surface area contributed by atoms with Gasteiger partial charge in [0.2, 0.25) is 0 Å². The molecule has 0 amide bonds. The molecule has 104 valence electrons. The van der Waals surface area contributed by atoms with E-state index >= 15 is 0 Å². The number of thiocarbonyl (C=S) groups is 1. The summed E-state index contributed by atoms with van der Waals surface area (Å²) in [6.07, 6.45) is 1.64. The molecule has 0 saturated carbocycles. The summed E-state index contributed by atoms with van der Waals surface area (Å²) in [6.45, 7) is 2.68. The van der Waals surface area contributed by atoms with Gasteiger partial charge in [0, 0.05) is 6.42 Å². The van der Waals surface area contributed by atoms with Crippen LogP contribution in [-0.4, -0.2) is 4.99 Å². The standard InChI is InChI=1S/C17H19NOS/c1-13-11-16(9-7-15(13)8-10-17(18)20)19-12-14-5-3-2-4-6-14/h2-7,9,11H,8,10,12H2,1H3,(H2,18,20). The van der Waals surface area contributed by atoms with Crippen molar-refractivity contribution in [3.63, 3.8) is 0 Å². The average Bonchev–Trinajstić information content (AvgIpc) is 2.45. The van der Waals surface area contributed by atoms with E-state index in [4.69, 9.17) is 22.7 Å². The maximum Gasteiger partial charge on any atom is 0.120 e. The van der Waals surface area contributed by atoms with E-state index in [1.165, 1.54) is 16.7 Å². The third-order valence-corrected chi connectivity index (χ3v) is 3.41. The Bertz CT molecular complexity index is 581. The van der Waals surface area contributed by atoms with Crippen LogP contribution in [-0.2, 0) is 13.0 Å². The molecule has 2 aromatic rings. The highest BCUT2D eigenvalue weighted by atomic mass is 32.1. The zero-order valence-corrected chi connectivity index (χ0v) is 12.5. The molecule has 20 heavy (non-hydrogen) atoms. The lowest BCUT2D eigenvalue weighted by atomic mass is 10.0. The van der Waals surface area contributed by atoms with Gasteiger partial charge in [-0.25, -0.2) is 0 Å². The van der Waals surface area contributed by atoms with E-state index in [9.17, 15) is 0 Å². The molecule has 0 aliphatic heterocycles. The molecule has 2 aromatic carbocycles. The molecule has 3 heteroatoms. The summed E-state index contributed by atoms with van der Waals surface area (Å²) in [7, 11) is 0. The van der Waals surface area contributed by atoms with Gasteiger partial charge in [0.15, 0.2) is 0 Å². The van der Waals surface area contributed by atoms with Crippen molar-refractivity contribution in [3.8, 4) is 5.75 Å². The summed E-state index contributed by atoms with van der Waals surface area (Å²) in [5.41, 5.74) is 9.19. The van der Waals surface area contributed by atoms with E-state index in [0.29, 0.717) is 11.6 Å². The van der Waals surface area contributed by atoms with Gasteiger partial charge in [-0.05, 0) is 42.2 Å². The fourth-order valence-corrected chi connectivity index (χ4v) is 2.14. The van der Waals surface area contributed by atoms with Gasteiger partial charge >= 0.3 is 0 Å². The van der Waals surface area contributed by atoms with Crippen LogP contribution >= 0.6 is 12.2 Å². The Morgan fingerprint density at radius 2 is 1.90 bits per heavy atom. The molecule has 0 fully saturated rings. The molecule has 0 heterocycles. The fraction of sp³-hybridized carbons (Fsp3) is 0.235. The summed E-state index contributed by atoms with van der Waals surface area (Å²) in [5.74, 6) is 0.894. The Kier molecular flexibility index (Phi) is 5.13. The zero-order chi connectivity index (χ0) is 14.4. The number of nitrogens with two attached hydrogens (primary N) is 1. The summed E-state index contributed by atoms with van der Waals surface area (Å²) >= 11 is 4.91. The Hall–Kier alpha value is -1.87. The van der Waals surface area contributed by atoms with Crippen molar-refractivity contribution in [3.05, 3.63) is 65.2 Å². The van der Waals surface area contributed by atoms with Crippen molar-refractivity contribution in [2.24, 2.45) is 5.73 Å². The summed E-state index contributed by atoms with van der Waals surface area (Å²) in [4.78, 5) is 0.564. The molecule has 0 aromatic heterocycles. The van der Waals surface area contributed by atoms with Crippen LogP contribution < -0.4 is 10.5 Å². The molecule has 0 bridgehead atoms. The molecule has 0 atom stereocenters. The number of benzene rings is 2. The van der Waals surface area contributed by atoms with Crippen LogP contribution in [0.25, 0.3) is 0 Å². The number of rotatable bonds is 6. The van der Waals surface area contributed by atoms with E-state index in [-0.39, 0.29) is 0 Å². The molecular formula is C17H19NOS. The van der Waals surface area contributed by atoms with Crippen molar-refractivity contribution in [2.45, 2.75) is 26.4 Å². The first-order valence-corrected chi connectivity index (χ1v) is 7.10. The van der Waals surface area contributed by atoms with Gasteiger partial charge in [-0.2, -0.15) is 0 Å². The van der Waals surface area contributed by atoms with Crippen molar-refractivity contribution in [2.75, 3.05) is 0 Å². The van der Waals surface area contributed by atoms with Gasteiger partial charge in [0.05, 0.1) is 4.99 Å². The minimum atomic E-state index is 0.564. The predicted octanol–water partition coefficient (Wildman–Crippen LogP) is 3.79. The first kappa shape index (κ1) is 14.5. The third kappa shape index (κ3) is 4.35. The zero-order valence-electron chi connectivity index (χ0n) is 11.6. The molecule has 2 rings (SSSR count). The first-order chi connectivity index (χ1) is 9.65. The van der Waals surface area contributed by atoms with Gasteiger partial charge in [-0.3, -0.25) is 0 Å². The smallest absolute Gasteiger partial charge is 0.120 e. The van der Waals surface area contributed by atoms with Crippen molar-refractivity contribution >= 4 is 17.2 Å². The fourth-order valence-electron chi connectivity index (χ4n) is 2.04.